The summed E-state index contributed by atoms with van der Waals surface area (Å²) in [7, 11) is 2.06. The highest BCUT2D eigenvalue weighted by atomic mass is 35.5. The Hall–Kier alpha value is -0.570. The normalized spacial score (nSPS) is 22.1. The van der Waals surface area contributed by atoms with Gasteiger partial charge in [-0.25, -0.2) is 0 Å². The smallest absolute Gasteiger partial charge is 0.0204 e. The van der Waals surface area contributed by atoms with Crippen LogP contribution in [0.2, 0.25) is 0 Å². The molecule has 2 nitrogen and oxygen atoms in total. The number of likely N-dealkylation sites (tertiary alicyclic amines) is 1. The van der Waals surface area contributed by atoms with Crippen LogP contribution in [0.1, 0.15) is 24.8 Å². The maximum atomic E-state index is 3.37. The summed E-state index contributed by atoms with van der Waals surface area (Å²) >= 11 is 0. The van der Waals surface area contributed by atoms with Crippen molar-refractivity contribution >= 4 is 12.4 Å². The number of likely N-dealkylation sites (N-methyl/N-ethyl adjacent to an activating group) is 1. The molecule has 1 fully saturated rings. The minimum atomic E-state index is 0. The van der Waals surface area contributed by atoms with Crippen LogP contribution in [0.5, 0.6) is 0 Å². The van der Waals surface area contributed by atoms with Gasteiger partial charge in [-0.2, -0.15) is 0 Å². The lowest BCUT2D eigenvalue weighted by Gasteiger charge is -2.21. The zero-order valence-electron chi connectivity index (χ0n) is 10.7. The summed E-state index contributed by atoms with van der Waals surface area (Å²) < 4.78 is 0. The fourth-order valence-corrected chi connectivity index (χ4v) is 2.51. The van der Waals surface area contributed by atoms with Crippen LogP contribution in [-0.4, -0.2) is 37.6 Å². The SMILES string of the molecule is CNC1CCN(CC(C)c2ccccc2)C1.Cl. The molecule has 0 aromatic heterocycles. The van der Waals surface area contributed by atoms with Crippen LogP contribution in [0.4, 0.5) is 0 Å². The topological polar surface area (TPSA) is 15.3 Å². The van der Waals surface area contributed by atoms with Crippen LogP contribution in [0.3, 0.4) is 0 Å². The van der Waals surface area contributed by atoms with Gasteiger partial charge < -0.3 is 10.2 Å². The number of nitrogens with one attached hydrogen (secondary N) is 1. The van der Waals surface area contributed by atoms with Crippen molar-refractivity contribution in [3.8, 4) is 0 Å². The van der Waals surface area contributed by atoms with Crippen LogP contribution in [0.15, 0.2) is 30.3 Å². The van der Waals surface area contributed by atoms with Gasteiger partial charge in [0.1, 0.15) is 0 Å². The fraction of sp³-hybridized carbons (Fsp3) is 0.571. The summed E-state index contributed by atoms with van der Waals surface area (Å²) in [4.78, 5) is 2.57. The molecule has 0 aliphatic carbocycles. The van der Waals surface area contributed by atoms with E-state index in [4.69, 9.17) is 0 Å². The maximum absolute atomic E-state index is 3.37. The molecular formula is C14H23ClN2. The molecule has 96 valence electrons. The van der Waals surface area contributed by atoms with Gasteiger partial charge in [-0.3, -0.25) is 0 Å². The second-order valence-electron chi connectivity index (χ2n) is 4.85. The molecule has 0 amide bonds. The van der Waals surface area contributed by atoms with E-state index < -0.39 is 0 Å². The van der Waals surface area contributed by atoms with Gasteiger partial charge in [0.2, 0.25) is 0 Å². The van der Waals surface area contributed by atoms with Crippen molar-refractivity contribution < 1.29 is 0 Å². The molecule has 0 saturated carbocycles. The Morgan fingerprint density at radius 1 is 1.35 bits per heavy atom. The van der Waals surface area contributed by atoms with E-state index in [9.17, 15) is 0 Å². The van der Waals surface area contributed by atoms with E-state index in [1.807, 2.05) is 0 Å². The summed E-state index contributed by atoms with van der Waals surface area (Å²) in [6.07, 6.45) is 1.29. The standard InChI is InChI=1S/C14H22N2.ClH/c1-12(13-6-4-3-5-7-13)10-16-9-8-14(11-16)15-2;/h3-7,12,14-15H,8-11H2,1-2H3;1H. The second kappa shape index (κ2) is 7.00. The Balaban J connectivity index is 0.00000144. The molecule has 1 aromatic carbocycles. The third kappa shape index (κ3) is 3.98. The van der Waals surface area contributed by atoms with Crippen molar-refractivity contribution in [2.45, 2.75) is 25.3 Å². The predicted octanol–water partition coefficient (Wildman–Crippen LogP) is 2.51. The first-order valence-corrected chi connectivity index (χ1v) is 6.24. The lowest BCUT2D eigenvalue weighted by Crippen LogP contribution is -2.31. The predicted molar refractivity (Wildman–Crippen MR) is 76.0 cm³/mol. The lowest BCUT2D eigenvalue weighted by atomic mass is 10.0. The molecule has 1 aliphatic heterocycles. The third-order valence-corrected chi connectivity index (χ3v) is 3.58. The van der Waals surface area contributed by atoms with Gasteiger partial charge in [-0.05, 0) is 31.5 Å². The number of halogens is 1. The lowest BCUT2D eigenvalue weighted by molar-refractivity contribution is 0.313. The van der Waals surface area contributed by atoms with Crippen molar-refractivity contribution in [3.05, 3.63) is 35.9 Å². The molecule has 2 rings (SSSR count). The zero-order valence-corrected chi connectivity index (χ0v) is 11.5. The van der Waals surface area contributed by atoms with Crippen molar-refractivity contribution in [2.75, 3.05) is 26.7 Å². The summed E-state index contributed by atoms with van der Waals surface area (Å²) in [6.45, 7) is 5.95. The van der Waals surface area contributed by atoms with Gasteiger partial charge in [-0.1, -0.05) is 37.3 Å². The Labute approximate surface area is 111 Å². The summed E-state index contributed by atoms with van der Waals surface area (Å²) in [6, 6.07) is 11.5. The van der Waals surface area contributed by atoms with E-state index in [1.54, 1.807) is 0 Å². The van der Waals surface area contributed by atoms with Gasteiger partial charge in [-0.15, -0.1) is 12.4 Å². The summed E-state index contributed by atoms with van der Waals surface area (Å²) in [5, 5.41) is 3.37. The van der Waals surface area contributed by atoms with E-state index >= 15 is 0 Å². The molecule has 2 atom stereocenters. The van der Waals surface area contributed by atoms with Crippen LogP contribution < -0.4 is 5.32 Å². The Kier molecular flexibility index (Phi) is 5.96. The average Bonchev–Trinajstić information content (AvgIpc) is 2.78. The Bertz CT molecular complexity index is 315. The van der Waals surface area contributed by atoms with Crippen molar-refractivity contribution in [2.24, 2.45) is 0 Å². The first-order chi connectivity index (χ1) is 7.79. The number of benzene rings is 1. The summed E-state index contributed by atoms with van der Waals surface area (Å²) in [5.74, 6) is 0.636. The van der Waals surface area contributed by atoms with Gasteiger partial charge in [0.05, 0.1) is 0 Å². The third-order valence-electron chi connectivity index (χ3n) is 3.58. The second-order valence-corrected chi connectivity index (χ2v) is 4.85. The molecule has 3 heteroatoms. The van der Waals surface area contributed by atoms with Crippen molar-refractivity contribution in [1.82, 2.24) is 10.2 Å². The van der Waals surface area contributed by atoms with E-state index in [0.29, 0.717) is 12.0 Å². The highest BCUT2D eigenvalue weighted by Gasteiger charge is 2.22. The molecule has 0 spiro atoms. The monoisotopic (exact) mass is 254 g/mol. The van der Waals surface area contributed by atoms with E-state index in [-0.39, 0.29) is 12.4 Å². The first-order valence-electron chi connectivity index (χ1n) is 6.24. The average molecular weight is 255 g/mol. The van der Waals surface area contributed by atoms with Gasteiger partial charge in [0.25, 0.3) is 0 Å². The van der Waals surface area contributed by atoms with Gasteiger partial charge >= 0.3 is 0 Å². The maximum Gasteiger partial charge on any atom is 0.0204 e. The van der Waals surface area contributed by atoms with Crippen LogP contribution in [0.25, 0.3) is 0 Å². The minimum absolute atomic E-state index is 0. The highest BCUT2D eigenvalue weighted by Crippen LogP contribution is 2.18. The van der Waals surface area contributed by atoms with Crippen molar-refractivity contribution in [1.29, 1.82) is 0 Å². The molecule has 0 bridgehead atoms. The van der Waals surface area contributed by atoms with E-state index in [1.165, 1.54) is 31.6 Å². The Morgan fingerprint density at radius 2 is 2.06 bits per heavy atom. The molecule has 0 radical (unpaired) electrons. The van der Waals surface area contributed by atoms with Gasteiger partial charge in [0, 0.05) is 19.1 Å². The largest absolute Gasteiger partial charge is 0.316 e. The van der Waals surface area contributed by atoms with Crippen LogP contribution in [-0.2, 0) is 0 Å². The molecular weight excluding hydrogens is 232 g/mol. The molecule has 1 heterocycles. The van der Waals surface area contributed by atoms with Gasteiger partial charge in [0.15, 0.2) is 0 Å². The molecule has 17 heavy (non-hydrogen) atoms. The number of nitrogens with zero attached hydrogens (tertiary/aromatic N) is 1. The number of hydrogen-bond donors (Lipinski definition) is 1. The number of rotatable bonds is 4. The summed E-state index contributed by atoms with van der Waals surface area (Å²) in [5.41, 5.74) is 1.45. The van der Waals surface area contributed by atoms with Crippen molar-refractivity contribution in [3.63, 3.8) is 0 Å². The molecule has 2 unspecified atom stereocenters. The first kappa shape index (κ1) is 14.5. The molecule has 1 N–H and O–H groups in total. The fourth-order valence-electron chi connectivity index (χ4n) is 2.51. The zero-order chi connectivity index (χ0) is 11.4. The number of hydrogen-bond acceptors (Lipinski definition) is 2. The molecule has 1 aliphatic rings. The molecule has 1 saturated heterocycles. The van der Waals surface area contributed by atoms with E-state index in [0.717, 1.165) is 0 Å². The quantitative estimate of drug-likeness (QED) is 0.888. The molecule has 1 aromatic rings. The van der Waals surface area contributed by atoms with E-state index in [2.05, 4.69) is 54.5 Å². The van der Waals surface area contributed by atoms with Crippen LogP contribution >= 0.6 is 12.4 Å². The Morgan fingerprint density at radius 3 is 2.65 bits per heavy atom. The van der Waals surface area contributed by atoms with Crippen LogP contribution in [0, 0.1) is 0 Å². The highest BCUT2D eigenvalue weighted by molar-refractivity contribution is 5.85. The minimum Gasteiger partial charge on any atom is -0.316 e.